The summed E-state index contributed by atoms with van der Waals surface area (Å²) in [4.78, 5) is 93.8. The van der Waals surface area contributed by atoms with Gasteiger partial charge in [-0.3, -0.25) is 33.8 Å². The Hall–Kier alpha value is -4.88. The summed E-state index contributed by atoms with van der Waals surface area (Å²) in [5.74, 6) is -5.39. The number of primary amides is 1. The van der Waals surface area contributed by atoms with Crippen LogP contribution in [0.5, 0.6) is 0 Å². The summed E-state index contributed by atoms with van der Waals surface area (Å²) in [7, 11) is 2.48. The molecule has 2 aromatic carbocycles. The van der Waals surface area contributed by atoms with Gasteiger partial charge >= 0.3 is 0 Å². The third-order valence-electron chi connectivity index (χ3n) is 7.44. The number of unbranched alkanes of at least 4 members (excludes halogenated alkanes) is 1. The molecule has 50 heavy (non-hydrogen) atoms. The Kier molecular flexibility index (Phi) is 15.8. The maximum atomic E-state index is 13.6. The third-order valence-corrected chi connectivity index (χ3v) is 9.86. The molecular weight excluding hydrogens is 691 g/mol. The van der Waals surface area contributed by atoms with Crippen molar-refractivity contribution < 1.29 is 38.7 Å². The second kappa shape index (κ2) is 20.0. The normalized spacial score (nSPS) is 20.7. The first-order chi connectivity index (χ1) is 23.9. The highest BCUT2D eigenvalue weighted by molar-refractivity contribution is 8.76. The van der Waals surface area contributed by atoms with Crippen LogP contribution in [-0.2, 0) is 28.8 Å². The summed E-state index contributed by atoms with van der Waals surface area (Å²) in [6, 6.07) is 6.02. The van der Waals surface area contributed by atoms with Gasteiger partial charge in [-0.25, -0.2) is 0 Å². The average Bonchev–Trinajstić information content (AvgIpc) is 3.08. The van der Waals surface area contributed by atoms with Gasteiger partial charge in [0.05, 0.1) is 19.1 Å². The van der Waals surface area contributed by atoms with Crippen LogP contribution in [0.25, 0.3) is 10.8 Å². The second-order valence-corrected chi connectivity index (χ2v) is 13.8. The van der Waals surface area contributed by atoms with Gasteiger partial charge in [0, 0.05) is 41.1 Å². The average molecular weight is 732 g/mol. The first-order valence-electron chi connectivity index (χ1n) is 15.6. The number of amides is 6. The standard InChI is InChI=1S/C31H41N9O8S2/c32-27(45)23-16-50-49-10-8-24(43)37-21(7-3-4-9-35-31(33)34)29(47)36-13-25(44)40-26(19(14-41)15-42)30(48)38-22-12-18(28(46)39-23)11-17-5-1-2-6-20(17)22/h1-2,5-6,11-12,14,19,21,23,26,42H,3-4,7-10,13,15-16H2,(H2,32,45)(H,36,47)(H,37,43)(H,38,48)(H,39,46)(H,40,44)(H4,33,34,35). The largest absolute Gasteiger partial charge is 0.396 e. The van der Waals surface area contributed by atoms with Crippen molar-refractivity contribution in [3.05, 3.63) is 42.0 Å². The number of aliphatic hydroxyl groups is 1. The number of anilines is 1. The van der Waals surface area contributed by atoms with Gasteiger partial charge in [-0.15, -0.1) is 0 Å². The number of benzene rings is 2. The van der Waals surface area contributed by atoms with E-state index in [-0.39, 0.29) is 35.8 Å². The number of fused-ring (bicyclic) bond motifs is 4. The molecule has 0 aromatic heterocycles. The van der Waals surface area contributed by atoms with Crippen molar-refractivity contribution >= 4 is 85.7 Å². The number of aliphatic hydroxyl groups excluding tert-OH is 1. The number of guanidine groups is 1. The van der Waals surface area contributed by atoms with Gasteiger partial charge < -0.3 is 53.7 Å². The highest BCUT2D eigenvalue weighted by Crippen LogP contribution is 2.27. The molecule has 3 rings (SSSR count). The Morgan fingerprint density at radius 1 is 0.980 bits per heavy atom. The highest BCUT2D eigenvalue weighted by atomic mass is 33.1. The highest BCUT2D eigenvalue weighted by Gasteiger charge is 2.31. The van der Waals surface area contributed by atoms with Crippen LogP contribution in [0.2, 0.25) is 0 Å². The number of nitrogens with two attached hydrogens (primary N) is 3. The van der Waals surface area contributed by atoms with Gasteiger partial charge in [-0.05, 0) is 36.8 Å². The van der Waals surface area contributed by atoms with Crippen LogP contribution in [0.4, 0.5) is 5.69 Å². The molecule has 0 fully saturated rings. The third kappa shape index (κ3) is 12.2. The van der Waals surface area contributed by atoms with Gasteiger partial charge in [0.2, 0.25) is 29.5 Å². The molecule has 12 N–H and O–H groups in total. The molecule has 4 unspecified atom stereocenters. The zero-order chi connectivity index (χ0) is 36.6. The molecular formula is C31H41N9O8S2. The molecule has 0 radical (unpaired) electrons. The van der Waals surface area contributed by atoms with E-state index in [0.29, 0.717) is 42.2 Å². The van der Waals surface area contributed by atoms with Crippen LogP contribution in [0.3, 0.4) is 0 Å². The molecule has 2 bridgehead atoms. The van der Waals surface area contributed by atoms with Gasteiger partial charge in [0.15, 0.2) is 5.96 Å². The van der Waals surface area contributed by atoms with E-state index >= 15 is 0 Å². The Morgan fingerprint density at radius 3 is 2.44 bits per heavy atom. The number of carbonyl (C=O) groups is 7. The van der Waals surface area contributed by atoms with Crippen molar-refractivity contribution in [3.8, 4) is 0 Å². The van der Waals surface area contributed by atoms with Crippen LogP contribution in [0, 0.1) is 5.92 Å². The lowest BCUT2D eigenvalue weighted by atomic mass is 10.00. The van der Waals surface area contributed by atoms with Crippen LogP contribution in [0.1, 0.15) is 36.0 Å². The monoisotopic (exact) mass is 731 g/mol. The predicted molar refractivity (Wildman–Crippen MR) is 191 cm³/mol. The number of nitrogens with one attached hydrogen (secondary N) is 5. The van der Waals surface area contributed by atoms with E-state index in [9.17, 15) is 38.7 Å². The first-order valence-corrected chi connectivity index (χ1v) is 18.1. The zero-order valence-electron chi connectivity index (χ0n) is 27.0. The Bertz CT molecular complexity index is 1600. The van der Waals surface area contributed by atoms with E-state index in [1.807, 2.05) is 0 Å². The number of rotatable bonds is 9. The van der Waals surface area contributed by atoms with Crippen molar-refractivity contribution in [3.63, 3.8) is 0 Å². The number of hydrogen-bond donors (Lipinski definition) is 9. The lowest BCUT2D eigenvalue weighted by Gasteiger charge is -2.24. The fourth-order valence-corrected chi connectivity index (χ4v) is 6.98. The molecule has 1 aliphatic rings. The number of aliphatic imine (C=N–C) groups is 1. The van der Waals surface area contributed by atoms with Gasteiger partial charge in [0.1, 0.15) is 24.4 Å². The molecule has 1 heterocycles. The van der Waals surface area contributed by atoms with Gasteiger partial charge in [0.25, 0.3) is 5.91 Å². The zero-order valence-corrected chi connectivity index (χ0v) is 28.6. The molecule has 2 aromatic rings. The minimum atomic E-state index is -1.59. The first kappa shape index (κ1) is 39.6. The minimum Gasteiger partial charge on any atom is -0.396 e. The SMILES string of the molecule is NC(=O)C1CSSCCC(=O)NC(CCCCN=C(N)N)C(=O)NCC(=O)NC(C(C=O)CO)C(=O)Nc2cc(cc3ccccc23)C(=O)N1. The van der Waals surface area contributed by atoms with E-state index in [1.165, 1.54) is 27.7 Å². The summed E-state index contributed by atoms with van der Waals surface area (Å²) in [6.07, 6.45) is 1.46. The number of nitrogens with zero attached hydrogens (tertiary/aromatic N) is 1. The molecule has 17 nitrogen and oxygen atoms in total. The molecule has 0 aliphatic carbocycles. The van der Waals surface area contributed by atoms with Crippen molar-refractivity contribution in [2.24, 2.45) is 28.1 Å². The van der Waals surface area contributed by atoms with E-state index in [0.717, 1.165) is 0 Å². The molecule has 0 saturated heterocycles. The Labute approximate surface area is 295 Å². The van der Waals surface area contributed by atoms with Crippen molar-refractivity contribution in [1.82, 2.24) is 21.3 Å². The van der Waals surface area contributed by atoms with E-state index in [2.05, 4.69) is 31.6 Å². The summed E-state index contributed by atoms with van der Waals surface area (Å²) in [5.41, 5.74) is 16.5. The Morgan fingerprint density at radius 2 is 1.74 bits per heavy atom. The Balaban J connectivity index is 1.93. The van der Waals surface area contributed by atoms with Gasteiger partial charge in [-0.1, -0.05) is 45.9 Å². The molecule has 270 valence electrons. The summed E-state index contributed by atoms with van der Waals surface area (Å²) >= 11 is 0. The quantitative estimate of drug-likeness (QED) is 0.0468. The van der Waals surface area contributed by atoms with E-state index in [4.69, 9.17) is 17.2 Å². The smallest absolute Gasteiger partial charge is 0.252 e. The van der Waals surface area contributed by atoms with E-state index in [1.54, 1.807) is 30.3 Å². The topological polar surface area (TPSA) is 290 Å². The van der Waals surface area contributed by atoms with Crippen molar-refractivity contribution in [2.75, 3.05) is 36.5 Å². The number of aldehydes is 1. The maximum Gasteiger partial charge on any atom is 0.252 e. The molecule has 1 aliphatic heterocycles. The summed E-state index contributed by atoms with van der Waals surface area (Å²) in [6.45, 7) is -1.11. The molecule has 6 amide bonds. The van der Waals surface area contributed by atoms with Crippen LogP contribution >= 0.6 is 21.6 Å². The number of hydrogen-bond acceptors (Lipinski definition) is 11. The predicted octanol–water partition coefficient (Wildman–Crippen LogP) is -1.52. The van der Waals surface area contributed by atoms with Crippen LogP contribution in [0.15, 0.2) is 41.4 Å². The van der Waals surface area contributed by atoms with Crippen LogP contribution in [-0.4, -0.2) is 102 Å². The lowest BCUT2D eigenvalue weighted by molar-refractivity contribution is -0.132. The molecule has 0 spiro atoms. The molecule has 4 atom stereocenters. The summed E-state index contributed by atoms with van der Waals surface area (Å²) in [5, 5.41) is 23.6. The summed E-state index contributed by atoms with van der Waals surface area (Å²) < 4.78 is 0. The fourth-order valence-electron chi connectivity index (χ4n) is 4.81. The van der Waals surface area contributed by atoms with Crippen LogP contribution < -0.4 is 43.8 Å². The van der Waals surface area contributed by atoms with Crippen molar-refractivity contribution in [1.29, 1.82) is 0 Å². The van der Waals surface area contributed by atoms with Gasteiger partial charge in [-0.2, -0.15) is 0 Å². The second-order valence-electron chi connectivity index (χ2n) is 11.2. The lowest BCUT2D eigenvalue weighted by Crippen LogP contribution is -2.54. The minimum absolute atomic E-state index is 0.00837. The van der Waals surface area contributed by atoms with Crippen molar-refractivity contribution in [2.45, 2.75) is 43.8 Å². The maximum absolute atomic E-state index is 13.6. The molecule has 0 saturated carbocycles. The number of carbonyl (C=O) groups excluding carboxylic acids is 7. The molecule has 19 heteroatoms. The fraction of sp³-hybridized carbons (Fsp3) is 0.419. The van der Waals surface area contributed by atoms with E-state index < -0.39 is 72.6 Å².